The summed E-state index contributed by atoms with van der Waals surface area (Å²) in [6.45, 7) is 0.0125. The number of hydrogen-bond donors (Lipinski definition) is 1. The molecule has 0 saturated carbocycles. The Labute approximate surface area is 171 Å². The van der Waals surface area contributed by atoms with Crippen LogP contribution in [0.25, 0.3) is 0 Å². The van der Waals surface area contributed by atoms with Gasteiger partial charge in [0, 0.05) is 6.54 Å². The number of carbonyl (C=O) groups is 2. The molecule has 0 atom stereocenters. The Morgan fingerprint density at radius 2 is 1.62 bits per heavy atom. The van der Waals surface area contributed by atoms with Gasteiger partial charge < -0.3 is 19.5 Å². The Morgan fingerprint density at radius 3 is 2.38 bits per heavy atom. The maximum atomic E-state index is 12.1. The standard InChI is InChI=1S/C23H27NO5/c1-27-20-10-8-17(12-21(20)28-2)14-24-22(25)15-29-23(26)13-16-7-9-18-5-3-4-6-19(18)11-16/h7-12H,3-6,13-15H2,1-2H3,(H,24,25). The van der Waals surface area contributed by atoms with Gasteiger partial charge in [0.1, 0.15) is 0 Å². The van der Waals surface area contributed by atoms with Crippen molar-refractivity contribution in [3.8, 4) is 11.5 Å². The number of fused-ring (bicyclic) bond motifs is 1. The molecular formula is C23H27NO5. The maximum absolute atomic E-state index is 12.1. The van der Waals surface area contributed by atoms with Crippen LogP contribution in [-0.4, -0.2) is 32.7 Å². The topological polar surface area (TPSA) is 73.9 Å². The zero-order valence-corrected chi connectivity index (χ0v) is 17.0. The van der Waals surface area contributed by atoms with E-state index >= 15 is 0 Å². The summed E-state index contributed by atoms with van der Waals surface area (Å²) in [6, 6.07) is 11.6. The average molecular weight is 397 g/mol. The first-order chi connectivity index (χ1) is 14.1. The molecule has 154 valence electrons. The van der Waals surface area contributed by atoms with Crippen molar-refractivity contribution in [1.29, 1.82) is 0 Å². The molecule has 1 aliphatic rings. The minimum atomic E-state index is -0.401. The van der Waals surface area contributed by atoms with E-state index < -0.39 is 5.97 Å². The molecule has 2 aromatic rings. The van der Waals surface area contributed by atoms with Crippen LogP contribution < -0.4 is 14.8 Å². The van der Waals surface area contributed by atoms with Crippen LogP contribution in [0.15, 0.2) is 36.4 Å². The van der Waals surface area contributed by atoms with E-state index in [1.807, 2.05) is 12.1 Å². The zero-order valence-electron chi connectivity index (χ0n) is 17.0. The first-order valence-corrected chi connectivity index (χ1v) is 9.83. The van der Waals surface area contributed by atoms with Crippen molar-refractivity contribution in [2.45, 2.75) is 38.6 Å². The molecule has 0 bridgehead atoms. The van der Waals surface area contributed by atoms with Gasteiger partial charge in [-0.3, -0.25) is 9.59 Å². The summed E-state index contributed by atoms with van der Waals surface area (Å²) in [5, 5.41) is 2.74. The van der Waals surface area contributed by atoms with E-state index in [0.29, 0.717) is 18.0 Å². The lowest BCUT2D eigenvalue weighted by Gasteiger charge is -2.16. The highest BCUT2D eigenvalue weighted by Gasteiger charge is 2.13. The third-order valence-corrected chi connectivity index (χ3v) is 5.06. The number of ether oxygens (including phenoxy) is 3. The van der Waals surface area contributed by atoms with Crippen molar-refractivity contribution in [3.05, 3.63) is 58.7 Å². The molecular weight excluding hydrogens is 370 g/mol. The van der Waals surface area contributed by atoms with Gasteiger partial charge in [-0.05, 0) is 60.1 Å². The highest BCUT2D eigenvalue weighted by Crippen LogP contribution is 2.27. The second-order valence-corrected chi connectivity index (χ2v) is 7.11. The minimum Gasteiger partial charge on any atom is -0.493 e. The predicted molar refractivity (Wildman–Crippen MR) is 109 cm³/mol. The summed E-state index contributed by atoms with van der Waals surface area (Å²) < 4.78 is 15.6. The first kappa shape index (κ1) is 20.7. The van der Waals surface area contributed by atoms with Gasteiger partial charge in [0.2, 0.25) is 0 Å². The summed E-state index contributed by atoms with van der Waals surface area (Å²) >= 11 is 0. The summed E-state index contributed by atoms with van der Waals surface area (Å²) in [5.74, 6) is 0.468. The van der Waals surface area contributed by atoms with Crippen LogP contribution in [0.4, 0.5) is 0 Å². The Kier molecular flexibility index (Phi) is 7.11. The zero-order chi connectivity index (χ0) is 20.6. The van der Waals surface area contributed by atoms with Crippen LogP contribution in [0.5, 0.6) is 11.5 Å². The van der Waals surface area contributed by atoms with Crippen molar-refractivity contribution < 1.29 is 23.8 Å². The molecule has 1 aliphatic carbocycles. The maximum Gasteiger partial charge on any atom is 0.310 e. The van der Waals surface area contributed by atoms with Crippen molar-refractivity contribution in [1.82, 2.24) is 5.32 Å². The molecule has 0 saturated heterocycles. The van der Waals surface area contributed by atoms with Crippen molar-refractivity contribution in [3.63, 3.8) is 0 Å². The number of esters is 1. The third-order valence-electron chi connectivity index (χ3n) is 5.06. The van der Waals surface area contributed by atoms with Crippen LogP contribution in [0.3, 0.4) is 0 Å². The average Bonchev–Trinajstić information content (AvgIpc) is 2.75. The normalized spacial score (nSPS) is 12.6. The van der Waals surface area contributed by atoms with Gasteiger partial charge in [0.15, 0.2) is 18.1 Å². The van der Waals surface area contributed by atoms with E-state index in [1.54, 1.807) is 26.4 Å². The molecule has 0 heterocycles. The largest absolute Gasteiger partial charge is 0.493 e. The summed E-state index contributed by atoms with van der Waals surface area (Å²) in [6.07, 6.45) is 4.78. The summed E-state index contributed by atoms with van der Waals surface area (Å²) in [5.41, 5.74) is 4.50. The molecule has 0 radical (unpaired) electrons. The SMILES string of the molecule is COc1ccc(CNC(=O)COC(=O)Cc2ccc3c(c2)CCCC3)cc1OC. The van der Waals surface area contributed by atoms with Crippen molar-refractivity contribution >= 4 is 11.9 Å². The Morgan fingerprint density at radius 1 is 0.897 bits per heavy atom. The second-order valence-electron chi connectivity index (χ2n) is 7.11. The van der Waals surface area contributed by atoms with Gasteiger partial charge in [-0.25, -0.2) is 0 Å². The number of aryl methyl sites for hydroxylation is 2. The minimum absolute atomic E-state index is 0.177. The lowest BCUT2D eigenvalue weighted by atomic mass is 9.90. The van der Waals surface area contributed by atoms with Crippen molar-refractivity contribution in [2.24, 2.45) is 0 Å². The Bertz CT molecular complexity index is 878. The van der Waals surface area contributed by atoms with E-state index in [4.69, 9.17) is 14.2 Å². The van der Waals surface area contributed by atoms with Gasteiger partial charge in [-0.1, -0.05) is 24.3 Å². The predicted octanol–water partition coefficient (Wildman–Crippen LogP) is 2.98. The van der Waals surface area contributed by atoms with Gasteiger partial charge in [-0.2, -0.15) is 0 Å². The molecule has 0 fully saturated rings. The molecule has 6 nitrogen and oxygen atoms in total. The van der Waals surface area contributed by atoms with E-state index in [0.717, 1.165) is 24.0 Å². The van der Waals surface area contributed by atoms with Crippen LogP contribution in [0.2, 0.25) is 0 Å². The molecule has 2 aromatic carbocycles. The summed E-state index contributed by atoms with van der Waals surface area (Å²) in [7, 11) is 3.13. The van der Waals surface area contributed by atoms with E-state index in [2.05, 4.69) is 17.4 Å². The number of nitrogens with one attached hydrogen (secondary N) is 1. The van der Waals surface area contributed by atoms with Gasteiger partial charge in [-0.15, -0.1) is 0 Å². The van der Waals surface area contributed by atoms with Gasteiger partial charge >= 0.3 is 5.97 Å². The molecule has 29 heavy (non-hydrogen) atoms. The number of hydrogen-bond acceptors (Lipinski definition) is 5. The smallest absolute Gasteiger partial charge is 0.310 e. The fourth-order valence-corrected chi connectivity index (χ4v) is 3.50. The van der Waals surface area contributed by atoms with Crippen molar-refractivity contribution in [2.75, 3.05) is 20.8 Å². The molecule has 0 aliphatic heterocycles. The molecule has 3 rings (SSSR count). The van der Waals surface area contributed by atoms with Gasteiger partial charge in [0.05, 0.1) is 20.6 Å². The number of benzene rings is 2. The van der Waals surface area contributed by atoms with Crippen LogP contribution >= 0.6 is 0 Å². The van der Waals surface area contributed by atoms with Crippen LogP contribution in [0, 0.1) is 0 Å². The van der Waals surface area contributed by atoms with Gasteiger partial charge in [0.25, 0.3) is 5.91 Å². The molecule has 0 aromatic heterocycles. The molecule has 0 unspecified atom stereocenters. The fraction of sp³-hybridized carbons (Fsp3) is 0.391. The third kappa shape index (κ3) is 5.73. The van der Waals surface area contributed by atoms with E-state index in [9.17, 15) is 9.59 Å². The fourth-order valence-electron chi connectivity index (χ4n) is 3.50. The number of amides is 1. The quantitative estimate of drug-likeness (QED) is 0.693. The van der Waals surface area contributed by atoms with E-state index in [-0.39, 0.29) is 18.9 Å². The highest BCUT2D eigenvalue weighted by molar-refractivity contribution is 5.81. The molecule has 1 amide bonds. The number of methoxy groups -OCH3 is 2. The first-order valence-electron chi connectivity index (χ1n) is 9.83. The number of carbonyl (C=O) groups excluding carboxylic acids is 2. The molecule has 1 N–H and O–H groups in total. The molecule has 6 heteroatoms. The number of rotatable bonds is 8. The van der Waals surface area contributed by atoms with Crippen LogP contribution in [-0.2, 0) is 40.1 Å². The van der Waals surface area contributed by atoms with E-state index in [1.165, 1.54) is 24.0 Å². The lowest BCUT2D eigenvalue weighted by molar-refractivity contribution is -0.147. The Balaban J connectivity index is 1.44. The monoisotopic (exact) mass is 397 g/mol. The second kappa shape index (κ2) is 9.96. The molecule has 0 spiro atoms. The lowest BCUT2D eigenvalue weighted by Crippen LogP contribution is -2.28. The summed E-state index contributed by atoms with van der Waals surface area (Å²) in [4.78, 5) is 24.1. The van der Waals surface area contributed by atoms with Crippen LogP contribution in [0.1, 0.15) is 35.1 Å². The Hall–Kier alpha value is -3.02. The highest BCUT2D eigenvalue weighted by atomic mass is 16.5.